The monoisotopic (exact) mass is 472 g/mol. The highest BCUT2D eigenvalue weighted by Gasteiger charge is 2.26. The maximum atomic E-state index is 12.1. The fourth-order valence-corrected chi connectivity index (χ4v) is 4.23. The van der Waals surface area contributed by atoms with E-state index in [-0.39, 0.29) is 22.4 Å². The lowest BCUT2D eigenvalue weighted by atomic mass is 9.85. The summed E-state index contributed by atoms with van der Waals surface area (Å²) in [6.07, 6.45) is 3.22. The van der Waals surface area contributed by atoms with Crippen molar-refractivity contribution in [2.75, 3.05) is 41.5 Å². The van der Waals surface area contributed by atoms with Crippen LogP contribution in [-0.4, -0.2) is 57.6 Å². The molecule has 0 amide bonds. The van der Waals surface area contributed by atoms with Gasteiger partial charge in [-0.3, -0.25) is 10.1 Å². The molecule has 2 rings (SSSR count). The van der Waals surface area contributed by atoms with E-state index in [1.54, 1.807) is 33.5 Å². The van der Waals surface area contributed by atoms with Crippen LogP contribution in [-0.2, 0) is 11.2 Å². The molecule has 1 unspecified atom stereocenters. The van der Waals surface area contributed by atoms with Gasteiger partial charge in [-0.2, -0.15) is 0 Å². The minimum Gasteiger partial charge on any atom is -0.493 e. The number of hydrogen-bond acceptors (Lipinski definition) is 7. The first kappa shape index (κ1) is 27.1. The van der Waals surface area contributed by atoms with Gasteiger partial charge in [-0.05, 0) is 56.0 Å². The molecular weight excluding hydrogens is 436 g/mol. The van der Waals surface area contributed by atoms with Gasteiger partial charge in [0.05, 0.1) is 26.3 Å². The van der Waals surface area contributed by atoms with E-state index in [9.17, 15) is 14.9 Å². The number of aldehydes is 1. The van der Waals surface area contributed by atoms with Crippen LogP contribution in [0.4, 0.5) is 5.69 Å². The zero-order valence-corrected chi connectivity index (χ0v) is 21.0. The molecule has 0 saturated heterocycles. The smallest absolute Gasteiger partial charge is 0.269 e. The van der Waals surface area contributed by atoms with Crippen LogP contribution in [0.2, 0.25) is 0 Å². The number of rotatable bonds is 14. The standard InChI is InChI=1S/C26H36N2O6/c1-18(2)24-22(16-23(32-4)25(33-5)26(24)34-6)20(17-29)10-8-13-27(3)14-12-19-9-7-11-21(15-19)28(30)31/h7,9,11,15-18,20H,8,10,12-14H2,1-6H3. The summed E-state index contributed by atoms with van der Waals surface area (Å²) < 4.78 is 16.7. The van der Waals surface area contributed by atoms with Gasteiger partial charge in [0, 0.05) is 30.2 Å². The molecule has 8 nitrogen and oxygen atoms in total. The third-order valence-electron chi connectivity index (χ3n) is 6.00. The lowest BCUT2D eigenvalue weighted by molar-refractivity contribution is -0.384. The number of nitrogens with zero attached hydrogens (tertiary/aromatic N) is 2. The van der Waals surface area contributed by atoms with Gasteiger partial charge in [0.1, 0.15) is 6.29 Å². The molecule has 186 valence electrons. The van der Waals surface area contributed by atoms with E-state index in [0.717, 1.165) is 48.9 Å². The van der Waals surface area contributed by atoms with Gasteiger partial charge in [0.2, 0.25) is 5.75 Å². The number of nitro groups is 1. The molecule has 8 heteroatoms. The van der Waals surface area contributed by atoms with E-state index in [2.05, 4.69) is 18.7 Å². The predicted octanol–water partition coefficient (Wildman–Crippen LogP) is 4.98. The van der Waals surface area contributed by atoms with Crippen LogP contribution in [0.5, 0.6) is 17.2 Å². The van der Waals surface area contributed by atoms with Crippen LogP contribution in [0, 0.1) is 10.1 Å². The van der Waals surface area contributed by atoms with Gasteiger partial charge in [-0.1, -0.05) is 26.0 Å². The first-order valence-corrected chi connectivity index (χ1v) is 11.5. The second-order valence-electron chi connectivity index (χ2n) is 8.67. The first-order valence-electron chi connectivity index (χ1n) is 11.5. The molecule has 0 radical (unpaired) electrons. The van der Waals surface area contributed by atoms with E-state index in [1.165, 1.54) is 6.07 Å². The highest BCUT2D eigenvalue weighted by Crippen LogP contribution is 2.47. The normalized spacial score (nSPS) is 12.0. The summed E-state index contributed by atoms with van der Waals surface area (Å²) >= 11 is 0. The summed E-state index contributed by atoms with van der Waals surface area (Å²) in [4.78, 5) is 24.9. The molecule has 0 aliphatic carbocycles. The Morgan fingerprint density at radius 2 is 1.76 bits per heavy atom. The largest absolute Gasteiger partial charge is 0.493 e. The maximum absolute atomic E-state index is 12.1. The molecule has 0 aliphatic heterocycles. The Morgan fingerprint density at radius 3 is 2.32 bits per heavy atom. The van der Waals surface area contributed by atoms with Crippen molar-refractivity contribution in [1.29, 1.82) is 0 Å². The molecule has 0 bridgehead atoms. The Labute approximate surface area is 202 Å². The zero-order chi connectivity index (χ0) is 25.3. The van der Waals surface area contributed by atoms with Gasteiger partial charge >= 0.3 is 0 Å². The molecule has 0 aliphatic rings. The highest BCUT2D eigenvalue weighted by atomic mass is 16.6. The van der Waals surface area contributed by atoms with Crippen molar-refractivity contribution in [3.8, 4) is 17.2 Å². The Kier molecular flexibility index (Phi) is 10.3. The van der Waals surface area contributed by atoms with Gasteiger partial charge < -0.3 is 23.9 Å². The summed E-state index contributed by atoms with van der Waals surface area (Å²) in [5, 5.41) is 11.0. The summed E-state index contributed by atoms with van der Waals surface area (Å²) in [5.74, 6) is 1.51. The van der Waals surface area contributed by atoms with Gasteiger partial charge in [-0.25, -0.2) is 0 Å². The summed E-state index contributed by atoms with van der Waals surface area (Å²) in [7, 11) is 6.76. The molecule has 0 saturated carbocycles. The Bertz CT molecular complexity index is 976. The molecule has 0 heterocycles. The van der Waals surface area contributed by atoms with Crippen molar-refractivity contribution in [3.05, 3.63) is 57.1 Å². The fourth-order valence-electron chi connectivity index (χ4n) is 4.23. The van der Waals surface area contributed by atoms with E-state index in [0.29, 0.717) is 23.7 Å². The van der Waals surface area contributed by atoms with Crippen molar-refractivity contribution in [1.82, 2.24) is 4.90 Å². The number of carbonyl (C=O) groups is 1. The van der Waals surface area contributed by atoms with Crippen molar-refractivity contribution in [3.63, 3.8) is 0 Å². The van der Waals surface area contributed by atoms with E-state index >= 15 is 0 Å². The third-order valence-corrected chi connectivity index (χ3v) is 6.00. The molecule has 0 fully saturated rings. The molecule has 34 heavy (non-hydrogen) atoms. The summed E-state index contributed by atoms with van der Waals surface area (Å²) in [5.41, 5.74) is 2.90. The van der Waals surface area contributed by atoms with Crippen molar-refractivity contribution in [2.45, 2.75) is 44.9 Å². The summed E-state index contributed by atoms with van der Waals surface area (Å²) in [6.45, 7) is 5.71. The second kappa shape index (κ2) is 12.9. The van der Waals surface area contributed by atoms with E-state index in [1.807, 2.05) is 19.2 Å². The van der Waals surface area contributed by atoms with Crippen LogP contribution in [0.25, 0.3) is 0 Å². The average Bonchev–Trinajstić information content (AvgIpc) is 2.83. The maximum Gasteiger partial charge on any atom is 0.269 e. The highest BCUT2D eigenvalue weighted by molar-refractivity contribution is 5.69. The topological polar surface area (TPSA) is 91.1 Å². The van der Waals surface area contributed by atoms with Gasteiger partial charge in [0.15, 0.2) is 11.5 Å². The fraction of sp³-hybridized carbons (Fsp3) is 0.500. The minimum absolute atomic E-state index is 0.111. The number of non-ortho nitro benzene ring substituents is 1. The number of benzene rings is 2. The quantitative estimate of drug-likeness (QED) is 0.217. The number of carbonyl (C=O) groups excluding carboxylic acids is 1. The Balaban J connectivity index is 2.08. The number of methoxy groups -OCH3 is 3. The number of hydrogen-bond donors (Lipinski definition) is 0. The predicted molar refractivity (Wildman–Crippen MR) is 133 cm³/mol. The van der Waals surface area contributed by atoms with E-state index < -0.39 is 0 Å². The molecule has 2 aromatic rings. The van der Waals surface area contributed by atoms with Crippen molar-refractivity contribution < 1.29 is 23.9 Å². The molecule has 0 spiro atoms. The van der Waals surface area contributed by atoms with Gasteiger partial charge in [0.25, 0.3) is 5.69 Å². The van der Waals surface area contributed by atoms with Crippen LogP contribution < -0.4 is 14.2 Å². The molecule has 1 atom stereocenters. The molecule has 2 aromatic carbocycles. The SMILES string of the molecule is COc1cc(C(C=O)CCCN(C)CCc2cccc([N+](=O)[O-])c2)c(C(C)C)c(OC)c1OC. The zero-order valence-electron chi connectivity index (χ0n) is 21.0. The number of likely N-dealkylation sites (N-methyl/N-ethyl adjacent to an activating group) is 1. The van der Waals surface area contributed by atoms with Crippen LogP contribution in [0.15, 0.2) is 30.3 Å². The van der Waals surface area contributed by atoms with E-state index in [4.69, 9.17) is 14.2 Å². The average molecular weight is 473 g/mol. The molecule has 0 aromatic heterocycles. The third kappa shape index (κ3) is 6.70. The lowest BCUT2D eigenvalue weighted by Crippen LogP contribution is -2.23. The van der Waals surface area contributed by atoms with Gasteiger partial charge in [-0.15, -0.1) is 0 Å². The second-order valence-corrected chi connectivity index (χ2v) is 8.67. The number of nitro benzene ring substituents is 1. The van der Waals surface area contributed by atoms with Crippen LogP contribution >= 0.6 is 0 Å². The summed E-state index contributed by atoms with van der Waals surface area (Å²) in [6, 6.07) is 8.63. The lowest BCUT2D eigenvalue weighted by Gasteiger charge is -2.25. The molecular formula is C26H36N2O6. The Morgan fingerprint density at radius 1 is 1.06 bits per heavy atom. The molecule has 0 N–H and O–H groups in total. The minimum atomic E-state index is -0.374. The van der Waals surface area contributed by atoms with Crippen LogP contribution in [0.1, 0.15) is 55.2 Å². The van der Waals surface area contributed by atoms with Crippen LogP contribution in [0.3, 0.4) is 0 Å². The Hall–Kier alpha value is -3.13. The number of ether oxygens (including phenoxy) is 3. The van der Waals surface area contributed by atoms with Crippen molar-refractivity contribution in [2.24, 2.45) is 0 Å². The first-order chi connectivity index (χ1) is 16.3. The van der Waals surface area contributed by atoms with Crippen molar-refractivity contribution >= 4 is 12.0 Å².